The van der Waals surface area contributed by atoms with Gasteiger partial charge in [-0.2, -0.15) is 4.98 Å². The molecule has 3 rings (SSSR count). The molecule has 1 aliphatic rings. The number of anilines is 2. The van der Waals surface area contributed by atoms with Crippen molar-refractivity contribution in [2.75, 3.05) is 11.4 Å². The van der Waals surface area contributed by atoms with Gasteiger partial charge in [-0.25, -0.2) is 9.78 Å². The Kier molecular flexibility index (Phi) is 4.17. The first-order valence-electron chi connectivity index (χ1n) is 7.76. The van der Waals surface area contributed by atoms with Gasteiger partial charge in [-0.05, 0) is 37.6 Å². The topological polar surface area (TPSA) is 68.2 Å². The van der Waals surface area contributed by atoms with Crippen LogP contribution >= 0.6 is 11.6 Å². The number of hydrogen-bond acceptors (Lipinski definition) is 6. The van der Waals surface area contributed by atoms with Gasteiger partial charge in [0.25, 0.3) is 0 Å². The van der Waals surface area contributed by atoms with Crippen LogP contribution in [0, 0.1) is 0 Å². The summed E-state index contributed by atoms with van der Waals surface area (Å²) in [6.45, 7) is 8.44. The molecule has 0 unspecified atom stereocenters. The van der Waals surface area contributed by atoms with Crippen molar-refractivity contribution < 1.29 is 9.53 Å². The van der Waals surface area contributed by atoms with Crippen molar-refractivity contribution in [2.45, 2.75) is 39.2 Å². The van der Waals surface area contributed by atoms with Crippen molar-refractivity contribution in [3.8, 4) is 0 Å². The van der Waals surface area contributed by atoms with Crippen LogP contribution in [0.5, 0.6) is 0 Å². The molecule has 6 nitrogen and oxygen atoms in total. The summed E-state index contributed by atoms with van der Waals surface area (Å²) < 4.78 is 5.31. The number of ether oxygens (including phenoxy) is 1. The summed E-state index contributed by atoms with van der Waals surface area (Å²) in [5.41, 5.74) is 1.99. The number of halogens is 1. The van der Waals surface area contributed by atoms with Crippen molar-refractivity contribution in [2.24, 2.45) is 0 Å². The van der Waals surface area contributed by atoms with Gasteiger partial charge in [0.1, 0.15) is 5.56 Å². The second kappa shape index (κ2) is 6.02. The number of pyridine rings is 1. The lowest BCUT2D eigenvalue weighted by molar-refractivity contribution is 0.0378. The molecular weight excluding hydrogens is 328 g/mol. The van der Waals surface area contributed by atoms with Crippen molar-refractivity contribution in [3.05, 3.63) is 41.1 Å². The number of carbonyl (C=O) groups is 1. The van der Waals surface area contributed by atoms with Gasteiger partial charge >= 0.3 is 5.97 Å². The van der Waals surface area contributed by atoms with E-state index in [0.29, 0.717) is 17.9 Å². The Hall–Kier alpha value is -2.21. The number of aromatic nitrogens is 3. The van der Waals surface area contributed by atoms with Gasteiger partial charge in [-0.15, -0.1) is 0 Å². The Labute approximate surface area is 145 Å². The van der Waals surface area contributed by atoms with Gasteiger partial charge in [0.15, 0.2) is 5.82 Å². The number of fused-ring (bicyclic) bond motifs is 1. The smallest absolute Gasteiger partial charge is 0.343 e. The minimum atomic E-state index is -0.466. The van der Waals surface area contributed by atoms with E-state index < -0.39 is 5.97 Å². The lowest BCUT2D eigenvalue weighted by Gasteiger charge is -2.23. The lowest BCUT2D eigenvalue weighted by Crippen LogP contribution is -2.27. The molecule has 7 heteroatoms. The predicted octanol–water partition coefficient (Wildman–Crippen LogP) is 3.52. The summed E-state index contributed by atoms with van der Waals surface area (Å²) in [5.74, 6) is -0.0210. The zero-order chi connectivity index (χ0) is 17.5. The second-order valence-corrected chi connectivity index (χ2v) is 7.01. The summed E-state index contributed by atoms with van der Waals surface area (Å²) in [6, 6.07) is 3.83. The summed E-state index contributed by atoms with van der Waals surface area (Å²) in [5, 5.41) is 0.0845. The average molecular weight is 347 g/mol. The molecule has 2 aromatic rings. The summed E-state index contributed by atoms with van der Waals surface area (Å²) in [7, 11) is 0. The van der Waals surface area contributed by atoms with Crippen LogP contribution in [0.15, 0.2) is 24.5 Å². The Bertz CT molecular complexity index is 792. The third kappa shape index (κ3) is 2.94. The quantitative estimate of drug-likeness (QED) is 0.625. The van der Waals surface area contributed by atoms with Gasteiger partial charge in [0, 0.05) is 24.4 Å². The van der Waals surface area contributed by atoms with Crippen LogP contribution in [0.25, 0.3) is 0 Å². The van der Waals surface area contributed by atoms with Crippen LogP contribution in [0.3, 0.4) is 0 Å². The van der Waals surface area contributed by atoms with Crippen LogP contribution < -0.4 is 4.90 Å². The van der Waals surface area contributed by atoms with Gasteiger partial charge in [-0.1, -0.05) is 13.8 Å². The largest absolute Gasteiger partial charge is 0.459 e. The maximum absolute atomic E-state index is 12.4. The molecule has 0 radical (unpaired) electrons. The Morgan fingerprint density at radius 1 is 1.38 bits per heavy atom. The molecule has 0 saturated heterocycles. The molecule has 0 N–H and O–H groups in total. The fourth-order valence-electron chi connectivity index (χ4n) is 2.86. The van der Waals surface area contributed by atoms with Gasteiger partial charge < -0.3 is 9.64 Å². The van der Waals surface area contributed by atoms with E-state index in [1.165, 1.54) is 6.20 Å². The molecule has 0 spiro atoms. The molecule has 1 aliphatic heterocycles. The number of rotatable bonds is 3. The maximum atomic E-state index is 12.4. The van der Waals surface area contributed by atoms with E-state index in [4.69, 9.17) is 16.3 Å². The highest BCUT2D eigenvalue weighted by Crippen LogP contribution is 2.43. The molecule has 0 bridgehead atoms. The molecule has 24 heavy (non-hydrogen) atoms. The van der Waals surface area contributed by atoms with Crippen LogP contribution in [0.1, 0.15) is 43.7 Å². The number of nitrogens with zero attached hydrogens (tertiary/aromatic N) is 4. The van der Waals surface area contributed by atoms with Crippen LogP contribution in [-0.2, 0) is 10.2 Å². The van der Waals surface area contributed by atoms with E-state index in [1.54, 1.807) is 20.0 Å². The van der Waals surface area contributed by atoms with Gasteiger partial charge in [-0.3, -0.25) is 4.98 Å². The summed E-state index contributed by atoms with van der Waals surface area (Å²) >= 11 is 5.99. The zero-order valence-electron chi connectivity index (χ0n) is 14.1. The molecular formula is C17H19ClN4O2. The minimum absolute atomic E-state index is 0.0845. The van der Waals surface area contributed by atoms with Crippen LogP contribution in [-0.4, -0.2) is 33.6 Å². The highest BCUT2D eigenvalue weighted by Gasteiger charge is 2.39. The van der Waals surface area contributed by atoms with Gasteiger partial charge in [0.05, 0.1) is 17.5 Å². The standard InChI is InChI=1S/C17H19ClN4O2/c1-10(2)24-15(23)11-8-20-16(18)21-14(11)22-9-17(3,4)13-12(22)6-5-7-19-13/h5-8,10H,9H2,1-4H3. The minimum Gasteiger partial charge on any atom is -0.459 e. The number of esters is 1. The van der Waals surface area contributed by atoms with Crippen LogP contribution in [0.4, 0.5) is 11.5 Å². The fourth-order valence-corrected chi connectivity index (χ4v) is 2.99. The monoisotopic (exact) mass is 346 g/mol. The molecule has 0 fully saturated rings. The second-order valence-electron chi connectivity index (χ2n) is 6.67. The fraction of sp³-hybridized carbons (Fsp3) is 0.412. The highest BCUT2D eigenvalue weighted by atomic mass is 35.5. The molecule has 0 saturated carbocycles. The van der Waals surface area contributed by atoms with E-state index in [-0.39, 0.29) is 16.8 Å². The molecule has 0 amide bonds. The van der Waals surface area contributed by atoms with Crippen molar-refractivity contribution in [3.63, 3.8) is 0 Å². The number of hydrogen-bond donors (Lipinski definition) is 0. The molecule has 126 valence electrons. The third-order valence-corrected chi connectivity index (χ3v) is 4.01. The first-order valence-corrected chi connectivity index (χ1v) is 8.14. The average Bonchev–Trinajstić information content (AvgIpc) is 2.78. The Morgan fingerprint density at radius 3 is 2.83 bits per heavy atom. The molecule has 0 aliphatic carbocycles. The summed E-state index contributed by atoms with van der Waals surface area (Å²) in [4.78, 5) is 27.1. The first kappa shape index (κ1) is 16.6. The van der Waals surface area contributed by atoms with E-state index >= 15 is 0 Å². The highest BCUT2D eigenvalue weighted by molar-refractivity contribution is 6.28. The summed E-state index contributed by atoms with van der Waals surface area (Å²) in [6.07, 6.45) is 2.95. The maximum Gasteiger partial charge on any atom is 0.343 e. The lowest BCUT2D eigenvalue weighted by atomic mass is 9.91. The van der Waals surface area contributed by atoms with Gasteiger partial charge in [0.2, 0.25) is 5.28 Å². The zero-order valence-corrected chi connectivity index (χ0v) is 14.8. The SMILES string of the molecule is CC(C)OC(=O)c1cnc(Cl)nc1N1CC(C)(C)c2ncccc21. The Balaban J connectivity index is 2.10. The van der Waals surface area contributed by atoms with E-state index in [9.17, 15) is 4.79 Å². The van der Waals surface area contributed by atoms with Crippen molar-refractivity contribution >= 4 is 29.1 Å². The van der Waals surface area contributed by atoms with Crippen molar-refractivity contribution in [1.82, 2.24) is 15.0 Å². The van der Waals surface area contributed by atoms with E-state index in [0.717, 1.165) is 11.4 Å². The first-order chi connectivity index (χ1) is 11.3. The number of carbonyl (C=O) groups excluding carboxylic acids is 1. The molecule has 2 aromatic heterocycles. The molecule has 0 atom stereocenters. The van der Waals surface area contributed by atoms with E-state index in [2.05, 4.69) is 28.8 Å². The predicted molar refractivity (Wildman–Crippen MR) is 91.9 cm³/mol. The normalized spacial score (nSPS) is 15.5. The Morgan fingerprint density at radius 2 is 2.12 bits per heavy atom. The van der Waals surface area contributed by atoms with Crippen LogP contribution in [0.2, 0.25) is 5.28 Å². The molecule has 3 heterocycles. The van der Waals surface area contributed by atoms with Crippen molar-refractivity contribution in [1.29, 1.82) is 0 Å². The van der Waals surface area contributed by atoms with E-state index in [1.807, 2.05) is 17.0 Å². The molecule has 0 aromatic carbocycles. The third-order valence-electron chi connectivity index (χ3n) is 3.83.